The summed E-state index contributed by atoms with van der Waals surface area (Å²) in [4.78, 5) is 11.9. The van der Waals surface area contributed by atoms with Crippen molar-refractivity contribution >= 4 is 15.9 Å². The molecule has 0 aliphatic carbocycles. The average Bonchev–Trinajstić information content (AvgIpc) is 2.27. The third-order valence-corrected chi connectivity index (χ3v) is 4.18. The molecule has 2 rings (SSSR count). The third kappa shape index (κ3) is 2.60. The zero-order valence-electron chi connectivity index (χ0n) is 9.93. The van der Waals surface area contributed by atoms with E-state index < -0.39 is 15.9 Å². The highest BCUT2D eigenvalue weighted by Gasteiger charge is 2.21. The van der Waals surface area contributed by atoms with Gasteiger partial charge < -0.3 is 5.32 Å². The van der Waals surface area contributed by atoms with Crippen molar-refractivity contribution in [1.82, 2.24) is 10.0 Å². The average molecular weight is 266 g/mol. The molecule has 1 fully saturated rings. The van der Waals surface area contributed by atoms with Crippen molar-refractivity contribution in [3.63, 3.8) is 0 Å². The molecule has 18 heavy (non-hydrogen) atoms. The Labute approximate surface area is 106 Å². The second-order valence-electron chi connectivity index (χ2n) is 4.08. The van der Waals surface area contributed by atoms with Gasteiger partial charge in [-0.05, 0) is 24.6 Å². The number of carbonyl (C=O) groups is 1. The van der Waals surface area contributed by atoms with Crippen LogP contribution in [0.4, 0.5) is 0 Å². The Morgan fingerprint density at radius 3 is 2.33 bits per heavy atom. The van der Waals surface area contributed by atoms with Crippen molar-refractivity contribution in [2.24, 2.45) is 0 Å². The van der Waals surface area contributed by atoms with E-state index in [9.17, 15) is 13.2 Å². The monoisotopic (exact) mass is 266 g/mol. The van der Waals surface area contributed by atoms with Gasteiger partial charge in [0.1, 0.15) is 0 Å². The summed E-state index contributed by atoms with van der Waals surface area (Å²) in [6.07, 6.45) is 0. The van der Waals surface area contributed by atoms with Gasteiger partial charge in [0.15, 0.2) is 0 Å². The molecule has 0 aromatic heterocycles. The van der Waals surface area contributed by atoms with E-state index in [1.165, 1.54) is 12.1 Å². The zero-order valence-corrected chi connectivity index (χ0v) is 10.8. The van der Waals surface area contributed by atoms with Crippen LogP contribution in [-0.2, 0) is 14.8 Å². The lowest BCUT2D eigenvalue weighted by Crippen LogP contribution is -2.39. The predicted octanol–water partition coefficient (Wildman–Crippen LogP) is 0.411. The summed E-state index contributed by atoms with van der Waals surface area (Å²) in [5, 5.41) is 3.00. The van der Waals surface area contributed by atoms with E-state index in [4.69, 9.17) is 0 Å². The Morgan fingerprint density at radius 1 is 1.22 bits per heavy atom. The molecule has 2 N–H and O–H groups in total. The molecule has 0 saturated carbocycles. The lowest BCUT2D eigenvalue weighted by atomic mass is 10.0. The standard InChI is InChI=1S/C12H14N2O3S/c1-9(10-7-13-8-10)12(15)14-18(16,17)11-5-3-2-4-6-11/h2-6,13H,7-8H2,1H3,(H,14,15). The maximum atomic E-state index is 11.9. The summed E-state index contributed by atoms with van der Waals surface area (Å²) in [5.74, 6) is -0.560. The number of carbonyl (C=O) groups excluding carboxylic acids is 1. The second kappa shape index (κ2) is 4.91. The van der Waals surface area contributed by atoms with Crippen molar-refractivity contribution in [2.75, 3.05) is 13.1 Å². The van der Waals surface area contributed by atoms with Crippen molar-refractivity contribution in [3.05, 3.63) is 41.5 Å². The van der Waals surface area contributed by atoms with Crippen molar-refractivity contribution < 1.29 is 13.2 Å². The molecule has 1 aromatic carbocycles. The minimum atomic E-state index is -3.78. The summed E-state index contributed by atoms with van der Waals surface area (Å²) in [6.45, 7) is 2.92. The lowest BCUT2D eigenvalue weighted by Gasteiger charge is -2.21. The first-order valence-corrected chi connectivity index (χ1v) is 7.00. The third-order valence-electron chi connectivity index (χ3n) is 2.83. The van der Waals surface area contributed by atoms with E-state index in [1.807, 2.05) is 0 Å². The molecule has 0 bridgehead atoms. The number of amides is 1. The van der Waals surface area contributed by atoms with Crippen LogP contribution in [0.2, 0.25) is 0 Å². The van der Waals surface area contributed by atoms with E-state index >= 15 is 0 Å². The topological polar surface area (TPSA) is 75.3 Å². The highest BCUT2D eigenvalue weighted by molar-refractivity contribution is 7.90. The number of rotatable bonds is 3. The first kappa shape index (κ1) is 12.8. The van der Waals surface area contributed by atoms with Crippen LogP contribution in [0.3, 0.4) is 0 Å². The Kier molecular flexibility index (Phi) is 3.49. The number of benzene rings is 1. The summed E-state index contributed by atoms with van der Waals surface area (Å²) in [7, 11) is -3.78. The molecule has 1 aliphatic rings. The van der Waals surface area contributed by atoms with Gasteiger partial charge in [0.05, 0.1) is 4.90 Å². The van der Waals surface area contributed by atoms with Gasteiger partial charge in [-0.1, -0.05) is 18.2 Å². The molecule has 1 heterocycles. The van der Waals surface area contributed by atoms with Crippen LogP contribution in [0.1, 0.15) is 6.92 Å². The smallest absolute Gasteiger partial charge is 0.264 e. The zero-order chi connectivity index (χ0) is 13.2. The number of hydrogen-bond donors (Lipinski definition) is 2. The summed E-state index contributed by atoms with van der Waals surface area (Å²) in [5.41, 5.74) is 1.41. The Hall–Kier alpha value is -1.66. The van der Waals surface area contributed by atoms with Gasteiger partial charge in [-0.2, -0.15) is 0 Å². The molecule has 1 amide bonds. The van der Waals surface area contributed by atoms with Gasteiger partial charge in [-0.25, -0.2) is 13.1 Å². The Balaban J connectivity index is 2.17. The lowest BCUT2D eigenvalue weighted by molar-refractivity contribution is -0.115. The molecule has 1 aliphatic heterocycles. The maximum absolute atomic E-state index is 11.9. The summed E-state index contributed by atoms with van der Waals surface area (Å²) < 4.78 is 25.9. The van der Waals surface area contributed by atoms with Gasteiger partial charge in [-0.15, -0.1) is 0 Å². The van der Waals surface area contributed by atoms with E-state index in [2.05, 4.69) is 10.0 Å². The quantitative estimate of drug-likeness (QED) is 0.777. The molecule has 6 heteroatoms. The van der Waals surface area contributed by atoms with Crippen LogP contribution in [-0.4, -0.2) is 27.4 Å². The van der Waals surface area contributed by atoms with Gasteiger partial charge >= 0.3 is 0 Å². The minimum absolute atomic E-state index is 0.0860. The number of sulfonamides is 1. The highest BCUT2D eigenvalue weighted by Crippen LogP contribution is 2.11. The van der Waals surface area contributed by atoms with E-state index in [1.54, 1.807) is 25.1 Å². The molecule has 0 radical (unpaired) electrons. The largest absolute Gasteiger partial charge is 0.309 e. The Morgan fingerprint density at radius 2 is 1.83 bits per heavy atom. The van der Waals surface area contributed by atoms with Crippen LogP contribution in [0.15, 0.2) is 46.4 Å². The molecule has 1 aromatic rings. The Bertz CT molecular complexity index is 585. The van der Waals surface area contributed by atoms with E-state index in [-0.39, 0.29) is 4.90 Å². The van der Waals surface area contributed by atoms with Crippen molar-refractivity contribution in [1.29, 1.82) is 0 Å². The fourth-order valence-electron chi connectivity index (χ4n) is 1.53. The first-order valence-electron chi connectivity index (χ1n) is 5.52. The predicted molar refractivity (Wildman–Crippen MR) is 67.3 cm³/mol. The van der Waals surface area contributed by atoms with Gasteiger partial charge in [-0.3, -0.25) is 4.79 Å². The van der Waals surface area contributed by atoms with Crippen LogP contribution in [0.5, 0.6) is 0 Å². The first-order chi connectivity index (χ1) is 8.50. The van der Waals surface area contributed by atoms with E-state index in [0.717, 1.165) is 5.57 Å². The van der Waals surface area contributed by atoms with Crippen molar-refractivity contribution in [2.45, 2.75) is 11.8 Å². The number of nitrogens with one attached hydrogen (secondary N) is 2. The van der Waals surface area contributed by atoms with Gasteiger partial charge in [0.2, 0.25) is 0 Å². The fourth-order valence-corrected chi connectivity index (χ4v) is 2.56. The second-order valence-corrected chi connectivity index (χ2v) is 5.76. The van der Waals surface area contributed by atoms with Gasteiger partial charge in [0.25, 0.3) is 15.9 Å². The molecular weight excluding hydrogens is 252 g/mol. The van der Waals surface area contributed by atoms with Gasteiger partial charge in [0, 0.05) is 18.7 Å². The SMILES string of the molecule is CC(C(=O)NS(=O)(=O)c1ccccc1)=C1CNC1. The molecule has 0 spiro atoms. The summed E-state index contributed by atoms with van der Waals surface area (Å²) >= 11 is 0. The molecule has 1 saturated heterocycles. The number of hydrogen-bond acceptors (Lipinski definition) is 4. The van der Waals surface area contributed by atoms with Crippen LogP contribution in [0, 0.1) is 0 Å². The summed E-state index contributed by atoms with van der Waals surface area (Å²) in [6, 6.07) is 7.83. The minimum Gasteiger partial charge on any atom is -0.309 e. The van der Waals surface area contributed by atoms with Crippen LogP contribution < -0.4 is 10.0 Å². The molecular formula is C12H14N2O3S. The van der Waals surface area contributed by atoms with Crippen LogP contribution in [0.25, 0.3) is 0 Å². The molecule has 5 nitrogen and oxygen atoms in total. The molecule has 0 unspecified atom stereocenters. The maximum Gasteiger partial charge on any atom is 0.264 e. The highest BCUT2D eigenvalue weighted by atomic mass is 32.2. The van der Waals surface area contributed by atoms with Crippen molar-refractivity contribution in [3.8, 4) is 0 Å². The van der Waals surface area contributed by atoms with E-state index in [0.29, 0.717) is 18.7 Å². The van der Waals surface area contributed by atoms with Crippen LogP contribution >= 0.6 is 0 Å². The normalized spacial score (nSPS) is 14.8. The molecule has 96 valence electrons. The fraction of sp³-hybridized carbons (Fsp3) is 0.250. The molecule has 0 atom stereocenters.